The third kappa shape index (κ3) is 7.95. The maximum atomic E-state index is 14.7. The van der Waals surface area contributed by atoms with Gasteiger partial charge in [0.05, 0.1) is 17.2 Å². The second-order valence-corrected chi connectivity index (χ2v) is 12.3. The first kappa shape index (κ1) is 34.5. The lowest BCUT2D eigenvalue weighted by atomic mass is 9.83. The van der Waals surface area contributed by atoms with Crippen LogP contribution in [0.3, 0.4) is 0 Å². The van der Waals surface area contributed by atoms with E-state index < -0.39 is 58.3 Å². The van der Waals surface area contributed by atoms with Gasteiger partial charge in [-0.1, -0.05) is 51.8 Å². The van der Waals surface area contributed by atoms with Crippen LogP contribution in [0.1, 0.15) is 107 Å². The first-order valence-electron chi connectivity index (χ1n) is 14.5. The Bertz CT molecular complexity index is 1400. The van der Waals surface area contributed by atoms with Gasteiger partial charge in [-0.25, -0.2) is 14.0 Å². The fourth-order valence-electron chi connectivity index (χ4n) is 5.13. The SMILES string of the molecule is CCCCC(c1ccc(C(F)(F)F)c(C(=O)O)c1)N1C(=O)[C@@](CCC(C)C)(c2ccc(F)cc2)N/C1=N/C(=O)OC(C)(C)C. The minimum Gasteiger partial charge on any atom is -0.478 e. The fourth-order valence-corrected chi connectivity index (χ4v) is 5.13. The van der Waals surface area contributed by atoms with Gasteiger partial charge in [-0.3, -0.25) is 9.69 Å². The molecule has 8 nitrogen and oxygen atoms in total. The molecule has 2 atom stereocenters. The summed E-state index contributed by atoms with van der Waals surface area (Å²) >= 11 is 0. The quantitative estimate of drug-likeness (QED) is 0.262. The molecule has 3 rings (SSSR count). The Hall–Kier alpha value is -3.96. The van der Waals surface area contributed by atoms with Crippen LogP contribution in [-0.2, 0) is 21.2 Å². The number of alkyl halides is 3. The molecule has 2 aromatic carbocycles. The van der Waals surface area contributed by atoms with Gasteiger partial charge in [0.2, 0.25) is 5.96 Å². The zero-order valence-corrected chi connectivity index (χ0v) is 25.7. The molecule has 1 aliphatic heterocycles. The normalized spacial score (nSPS) is 18.9. The first-order valence-corrected chi connectivity index (χ1v) is 14.5. The minimum absolute atomic E-state index is 0.120. The number of nitrogens with one attached hydrogen (secondary N) is 1. The van der Waals surface area contributed by atoms with E-state index in [0.29, 0.717) is 30.9 Å². The van der Waals surface area contributed by atoms with E-state index in [0.717, 1.165) is 12.1 Å². The number of aliphatic imine (C=N–C) groups is 1. The van der Waals surface area contributed by atoms with E-state index in [1.165, 1.54) is 29.2 Å². The number of benzene rings is 2. The van der Waals surface area contributed by atoms with E-state index in [1.54, 1.807) is 20.8 Å². The number of amides is 2. The highest BCUT2D eigenvalue weighted by Gasteiger charge is 2.53. The van der Waals surface area contributed by atoms with Gasteiger partial charge < -0.3 is 15.2 Å². The predicted octanol–water partition coefficient (Wildman–Crippen LogP) is 7.83. The van der Waals surface area contributed by atoms with Crippen molar-refractivity contribution >= 4 is 23.9 Å². The third-order valence-corrected chi connectivity index (χ3v) is 7.27. The summed E-state index contributed by atoms with van der Waals surface area (Å²) in [5.41, 5.74) is -4.21. The molecule has 2 N–H and O–H groups in total. The van der Waals surface area contributed by atoms with Crippen LogP contribution in [0, 0.1) is 11.7 Å². The van der Waals surface area contributed by atoms with Crippen LogP contribution >= 0.6 is 0 Å². The molecule has 44 heavy (non-hydrogen) atoms. The molecular weight excluding hydrogens is 582 g/mol. The molecule has 1 aliphatic rings. The summed E-state index contributed by atoms with van der Waals surface area (Å²) in [6.07, 6.45) is -3.82. The number of carboxylic acid groups (broad SMARTS) is 1. The number of nitrogens with zero attached hydrogens (tertiary/aromatic N) is 2. The molecular formula is C32H39F4N3O5. The second-order valence-electron chi connectivity index (χ2n) is 12.3. The summed E-state index contributed by atoms with van der Waals surface area (Å²) in [5, 5.41) is 12.8. The number of carboxylic acids is 1. The number of guanidine groups is 1. The summed E-state index contributed by atoms with van der Waals surface area (Å²) < 4.78 is 60.4. The van der Waals surface area contributed by atoms with Gasteiger partial charge in [-0.15, -0.1) is 4.99 Å². The number of aromatic carboxylic acids is 1. The number of rotatable bonds is 10. The largest absolute Gasteiger partial charge is 0.478 e. The molecule has 2 amide bonds. The molecule has 1 fully saturated rings. The molecule has 0 saturated carbocycles. The number of ether oxygens (including phenoxy) is 1. The molecule has 1 unspecified atom stereocenters. The van der Waals surface area contributed by atoms with E-state index in [4.69, 9.17) is 4.74 Å². The summed E-state index contributed by atoms with van der Waals surface area (Å²) in [4.78, 5) is 44.9. The molecule has 240 valence electrons. The average molecular weight is 622 g/mol. The fraction of sp³-hybridized carbons (Fsp3) is 0.500. The topological polar surface area (TPSA) is 108 Å². The van der Waals surface area contributed by atoms with Crippen molar-refractivity contribution in [2.45, 2.75) is 97.0 Å². The van der Waals surface area contributed by atoms with Crippen molar-refractivity contribution in [3.05, 3.63) is 70.5 Å². The van der Waals surface area contributed by atoms with Crippen LogP contribution in [0.15, 0.2) is 47.5 Å². The van der Waals surface area contributed by atoms with Gasteiger partial charge in [0.1, 0.15) is 17.0 Å². The highest BCUT2D eigenvalue weighted by Crippen LogP contribution is 2.42. The lowest BCUT2D eigenvalue weighted by molar-refractivity contribution is -0.138. The van der Waals surface area contributed by atoms with E-state index in [9.17, 15) is 37.1 Å². The zero-order valence-electron chi connectivity index (χ0n) is 25.7. The van der Waals surface area contributed by atoms with Gasteiger partial charge >= 0.3 is 18.2 Å². The Morgan fingerprint density at radius 2 is 1.70 bits per heavy atom. The van der Waals surface area contributed by atoms with Gasteiger partial charge in [0.25, 0.3) is 5.91 Å². The second kappa shape index (κ2) is 13.4. The van der Waals surface area contributed by atoms with E-state index >= 15 is 0 Å². The summed E-state index contributed by atoms with van der Waals surface area (Å²) in [6, 6.07) is 7.06. The Morgan fingerprint density at radius 1 is 1.07 bits per heavy atom. The number of carbonyl (C=O) groups excluding carboxylic acids is 2. The first-order chi connectivity index (χ1) is 20.4. The molecule has 0 bridgehead atoms. The van der Waals surface area contributed by atoms with Crippen molar-refractivity contribution in [3.63, 3.8) is 0 Å². The van der Waals surface area contributed by atoms with Gasteiger partial charge in [-0.05, 0) is 81.3 Å². The highest BCUT2D eigenvalue weighted by molar-refractivity contribution is 6.11. The predicted molar refractivity (Wildman–Crippen MR) is 156 cm³/mol. The molecule has 1 heterocycles. The summed E-state index contributed by atoms with van der Waals surface area (Å²) in [6.45, 7) is 10.7. The molecule has 2 aromatic rings. The number of carbonyl (C=O) groups is 3. The van der Waals surface area contributed by atoms with Crippen LogP contribution in [0.4, 0.5) is 22.4 Å². The van der Waals surface area contributed by atoms with Crippen molar-refractivity contribution < 1.29 is 41.8 Å². The maximum absolute atomic E-state index is 14.7. The summed E-state index contributed by atoms with van der Waals surface area (Å²) in [7, 11) is 0. The van der Waals surface area contributed by atoms with E-state index in [2.05, 4.69) is 10.3 Å². The number of halogens is 4. The Labute approximate surface area is 254 Å². The monoisotopic (exact) mass is 621 g/mol. The summed E-state index contributed by atoms with van der Waals surface area (Å²) in [5.74, 6) is -2.92. The van der Waals surface area contributed by atoms with Crippen LogP contribution in [0.5, 0.6) is 0 Å². The van der Waals surface area contributed by atoms with Crippen LogP contribution in [0.25, 0.3) is 0 Å². The molecule has 12 heteroatoms. The van der Waals surface area contributed by atoms with Crippen molar-refractivity contribution in [2.24, 2.45) is 10.9 Å². The molecule has 0 radical (unpaired) electrons. The third-order valence-electron chi connectivity index (χ3n) is 7.27. The van der Waals surface area contributed by atoms with Crippen LogP contribution in [-0.4, -0.2) is 39.5 Å². The molecule has 0 spiro atoms. The van der Waals surface area contributed by atoms with Crippen molar-refractivity contribution in [1.82, 2.24) is 10.2 Å². The molecule has 0 aromatic heterocycles. The van der Waals surface area contributed by atoms with Crippen LogP contribution in [0.2, 0.25) is 0 Å². The maximum Gasteiger partial charge on any atom is 0.437 e. The van der Waals surface area contributed by atoms with Gasteiger partial charge in [-0.2, -0.15) is 13.2 Å². The standard InChI is InChI=1S/C32H39F4N3O5/c1-7-8-9-25(20-10-15-24(32(34,35)36)23(18-20)26(40)41)39-27(42)31(17-16-19(2)3,21-11-13-22(33)14-12-21)38-28(39)37-29(43)44-30(4,5)6/h10-15,18-19,25H,7-9,16-17H2,1-6H3,(H,40,41)(H,37,38,43)/t25?,31-/m1/s1. The zero-order chi connectivity index (χ0) is 33.0. The number of hydrogen-bond acceptors (Lipinski definition) is 4. The lowest BCUT2D eigenvalue weighted by Gasteiger charge is -2.31. The Kier molecular flexibility index (Phi) is 10.5. The molecule has 0 aliphatic carbocycles. The smallest absolute Gasteiger partial charge is 0.437 e. The van der Waals surface area contributed by atoms with E-state index in [-0.39, 0.29) is 30.3 Å². The highest BCUT2D eigenvalue weighted by atomic mass is 19.4. The van der Waals surface area contributed by atoms with Gasteiger partial charge in [0, 0.05) is 0 Å². The Morgan fingerprint density at radius 3 is 2.23 bits per heavy atom. The lowest BCUT2D eigenvalue weighted by Crippen LogP contribution is -2.44. The van der Waals surface area contributed by atoms with Crippen molar-refractivity contribution in [2.75, 3.05) is 0 Å². The minimum atomic E-state index is -4.92. The number of hydrogen-bond donors (Lipinski definition) is 2. The molecule has 1 saturated heterocycles. The van der Waals surface area contributed by atoms with Crippen molar-refractivity contribution in [3.8, 4) is 0 Å². The van der Waals surface area contributed by atoms with Crippen LogP contribution < -0.4 is 5.32 Å². The Balaban J connectivity index is 2.30. The van der Waals surface area contributed by atoms with Gasteiger partial charge in [0.15, 0.2) is 0 Å². The average Bonchev–Trinajstić information content (AvgIpc) is 3.17. The number of unbranched alkanes of at least 4 members (excludes halogenated alkanes) is 1. The van der Waals surface area contributed by atoms with E-state index in [1.807, 2.05) is 20.8 Å². The van der Waals surface area contributed by atoms with Crippen molar-refractivity contribution in [1.29, 1.82) is 0 Å².